The molecule has 20 heavy (non-hydrogen) atoms. The fourth-order valence-electron chi connectivity index (χ4n) is 2.56. The topological polar surface area (TPSA) is 29.5 Å². The molecule has 0 aromatic heterocycles. The Morgan fingerprint density at radius 1 is 1.05 bits per heavy atom. The molecule has 0 heterocycles. The lowest BCUT2D eigenvalue weighted by Crippen LogP contribution is -2.19. The summed E-state index contributed by atoms with van der Waals surface area (Å²) in [7, 11) is 0. The average Bonchev–Trinajstić information content (AvgIpc) is 2.45. The van der Waals surface area contributed by atoms with E-state index in [4.69, 9.17) is 4.74 Å². The summed E-state index contributed by atoms with van der Waals surface area (Å²) >= 11 is 0. The van der Waals surface area contributed by atoms with Crippen LogP contribution in [0.1, 0.15) is 36.5 Å². The molecule has 0 saturated heterocycles. The molecule has 1 unspecified atom stereocenters. The highest BCUT2D eigenvalue weighted by atomic mass is 16.5. The molecule has 2 aromatic carbocycles. The van der Waals surface area contributed by atoms with E-state index in [1.165, 1.54) is 6.42 Å². The number of hydrogen-bond acceptors (Lipinski definition) is 2. The van der Waals surface area contributed by atoms with Crippen LogP contribution in [0.15, 0.2) is 54.6 Å². The number of rotatable bonds is 5. The monoisotopic (exact) mass is 268 g/mol. The zero-order chi connectivity index (χ0) is 13.8. The molecule has 1 N–H and O–H groups in total. The van der Waals surface area contributed by atoms with Crippen molar-refractivity contribution in [2.45, 2.75) is 32.0 Å². The van der Waals surface area contributed by atoms with Gasteiger partial charge in [0.25, 0.3) is 0 Å². The Kier molecular flexibility index (Phi) is 4.03. The summed E-state index contributed by atoms with van der Waals surface area (Å²) in [5.74, 6) is 1.25. The van der Waals surface area contributed by atoms with E-state index < -0.39 is 0 Å². The molecule has 0 spiro atoms. The van der Waals surface area contributed by atoms with E-state index in [1.54, 1.807) is 0 Å². The van der Waals surface area contributed by atoms with E-state index in [1.807, 2.05) is 54.6 Å². The van der Waals surface area contributed by atoms with Crippen molar-refractivity contribution in [2.75, 3.05) is 0 Å². The number of ether oxygens (including phenoxy) is 1. The molecule has 2 nitrogen and oxygen atoms in total. The largest absolute Gasteiger partial charge is 0.489 e. The predicted octanol–water partition coefficient (Wildman–Crippen LogP) is 4.10. The van der Waals surface area contributed by atoms with Crippen LogP contribution in [0.3, 0.4) is 0 Å². The molecule has 1 aliphatic rings. The first-order chi connectivity index (χ1) is 9.83. The molecule has 0 amide bonds. The minimum Gasteiger partial charge on any atom is -0.489 e. The first-order valence-corrected chi connectivity index (χ1v) is 7.28. The van der Waals surface area contributed by atoms with Crippen molar-refractivity contribution in [1.82, 2.24) is 0 Å². The third-order valence-electron chi connectivity index (χ3n) is 4.04. The van der Waals surface area contributed by atoms with Gasteiger partial charge in [0.1, 0.15) is 12.4 Å². The number of aliphatic hydroxyl groups is 1. The van der Waals surface area contributed by atoms with Crippen LogP contribution >= 0.6 is 0 Å². The summed E-state index contributed by atoms with van der Waals surface area (Å²) in [4.78, 5) is 0. The normalized spacial score (nSPS) is 16.4. The van der Waals surface area contributed by atoms with Gasteiger partial charge in [-0.25, -0.2) is 0 Å². The smallest absolute Gasteiger partial charge is 0.120 e. The highest BCUT2D eigenvalue weighted by Crippen LogP contribution is 2.38. The highest BCUT2D eigenvalue weighted by molar-refractivity contribution is 5.30. The summed E-state index contributed by atoms with van der Waals surface area (Å²) < 4.78 is 5.80. The van der Waals surface area contributed by atoms with Crippen molar-refractivity contribution in [3.05, 3.63) is 65.7 Å². The predicted molar refractivity (Wildman–Crippen MR) is 79.5 cm³/mol. The van der Waals surface area contributed by atoms with Crippen molar-refractivity contribution in [2.24, 2.45) is 5.92 Å². The Morgan fingerprint density at radius 3 is 2.55 bits per heavy atom. The van der Waals surface area contributed by atoms with E-state index in [0.717, 1.165) is 29.7 Å². The zero-order valence-electron chi connectivity index (χ0n) is 11.5. The van der Waals surface area contributed by atoms with E-state index in [2.05, 4.69) is 0 Å². The molecule has 0 bridgehead atoms. The summed E-state index contributed by atoms with van der Waals surface area (Å²) in [6.45, 7) is 0.559. The molecule has 1 atom stereocenters. The lowest BCUT2D eigenvalue weighted by atomic mass is 9.79. The molecule has 0 aliphatic heterocycles. The van der Waals surface area contributed by atoms with Crippen molar-refractivity contribution in [3.63, 3.8) is 0 Å². The Morgan fingerprint density at radius 2 is 1.85 bits per heavy atom. The molecule has 0 radical (unpaired) electrons. The minimum atomic E-state index is -0.343. The number of hydrogen-bond donors (Lipinski definition) is 1. The Hall–Kier alpha value is -1.80. The number of aliphatic hydroxyl groups excluding tert-OH is 1. The van der Waals surface area contributed by atoms with Gasteiger partial charge in [0, 0.05) is 0 Å². The standard InChI is InChI=1S/C18H20O2/c19-18(15-8-4-9-15)16-10-5-11-17(12-16)20-13-14-6-2-1-3-7-14/h1-3,5-7,10-12,15,18-19H,4,8-9,13H2. The third kappa shape index (κ3) is 3.02. The lowest BCUT2D eigenvalue weighted by Gasteiger charge is -2.30. The second-order valence-electron chi connectivity index (χ2n) is 5.48. The van der Waals surface area contributed by atoms with Gasteiger partial charge in [-0.15, -0.1) is 0 Å². The fraction of sp³-hybridized carbons (Fsp3) is 0.333. The van der Waals surface area contributed by atoms with E-state index in [9.17, 15) is 5.11 Å². The van der Waals surface area contributed by atoms with Crippen molar-refractivity contribution >= 4 is 0 Å². The van der Waals surface area contributed by atoms with Gasteiger partial charge in [0.05, 0.1) is 6.10 Å². The molecule has 104 valence electrons. The SMILES string of the molecule is OC(c1cccc(OCc2ccccc2)c1)C1CCC1. The zero-order valence-corrected chi connectivity index (χ0v) is 11.5. The van der Waals surface area contributed by atoms with Crippen molar-refractivity contribution in [3.8, 4) is 5.75 Å². The van der Waals surface area contributed by atoms with Gasteiger partial charge in [-0.1, -0.05) is 48.9 Å². The lowest BCUT2D eigenvalue weighted by molar-refractivity contribution is 0.0618. The second kappa shape index (κ2) is 6.10. The van der Waals surface area contributed by atoms with Crippen LogP contribution in [0, 0.1) is 5.92 Å². The van der Waals surface area contributed by atoms with Gasteiger partial charge >= 0.3 is 0 Å². The van der Waals surface area contributed by atoms with Crippen LogP contribution in [0.25, 0.3) is 0 Å². The molecular formula is C18H20O2. The average molecular weight is 268 g/mol. The molecule has 2 aromatic rings. The maximum Gasteiger partial charge on any atom is 0.120 e. The summed E-state index contributed by atoms with van der Waals surface area (Å²) in [5, 5.41) is 10.3. The van der Waals surface area contributed by atoms with Gasteiger partial charge in [-0.2, -0.15) is 0 Å². The minimum absolute atomic E-state index is 0.343. The van der Waals surface area contributed by atoms with Gasteiger partial charge in [-0.3, -0.25) is 0 Å². The second-order valence-corrected chi connectivity index (χ2v) is 5.48. The summed E-state index contributed by atoms with van der Waals surface area (Å²) in [5.41, 5.74) is 2.12. The van der Waals surface area contributed by atoms with E-state index in [-0.39, 0.29) is 6.10 Å². The first-order valence-electron chi connectivity index (χ1n) is 7.28. The Balaban J connectivity index is 1.65. The first kappa shape index (κ1) is 13.2. The molecule has 1 fully saturated rings. The van der Waals surface area contributed by atoms with Gasteiger partial charge in [-0.05, 0) is 42.0 Å². The van der Waals surface area contributed by atoms with Crippen molar-refractivity contribution < 1.29 is 9.84 Å². The van der Waals surface area contributed by atoms with Gasteiger partial charge < -0.3 is 9.84 Å². The van der Waals surface area contributed by atoms with Crippen molar-refractivity contribution in [1.29, 1.82) is 0 Å². The van der Waals surface area contributed by atoms with Gasteiger partial charge in [0.15, 0.2) is 0 Å². The van der Waals surface area contributed by atoms with E-state index in [0.29, 0.717) is 12.5 Å². The maximum atomic E-state index is 10.3. The maximum absolute atomic E-state index is 10.3. The molecular weight excluding hydrogens is 248 g/mol. The Bertz CT molecular complexity index is 546. The van der Waals surface area contributed by atoms with Crippen LogP contribution < -0.4 is 4.74 Å². The summed E-state index contributed by atoms with van der Waals surface area (Å²) in [6.07, 6.45) is 3.17. The molecule has 3 rings (SSSR count). The number of benzene rings is 2. The molecule has 1 saturated carbocycles. The molecule has 1 aliphatic carbocycles. The summed E-state index contributed by atoms with van der Waals surface area (Å²) in [6, 6.07) is 18.0. The third-order valence-corrected chi connectivity index (χ3v) is 4.04. The fourth-order valence-corrected chi connectivity index (χ4v) is 2.56. The van der Waals surface area contributed by atoms with E-state index >= 15 is 0 Å². The van der Waals surface area contributed by atoms with Crippen LogP contribution in [-0.4, -0.2) is 5.11 Å². The van der Waals surface area contributed by atoms with Crippen LogP contribution in [0.5, 0.6) is 5.75 Å². The van der Waals surface area contributed by atoms with Gasteiger partial charge in [0.2, 0.25) is 0 Å². The quantitative estimate of drug-likeness (QED) is 0.884. The highest BCUT2D eigenvalue weighted by Gasteiger charge is 2.26. The molecule has 2 heteroatoms. The van der Waals surface area contributed by atoms with Crippen LogP contribution in [-0.2, 0) is 6.61 Å². The van der Waals surface area contributed by atoms with Crippen LogP contribution in [0.2, 0.25) is 0 Å². The Labute approximate surface area is 120 Å². The van der Waals surface area contributed by atoms with Crippen LogP contribution in [0.4, 0.5) is 0 Å².